The highest BCUT2D eigenvalue weighted by molar-refractivity contribution is 5.43. The Morgan fingerprint density at radius 1 is 1.00 bits per heavy atom. The number of methoxy groups -OCH3 is 2. The second-order valence-electron chi connectivity index (χ2n) is 6.32. The Hall–Kier alpha value is -1.22. The Labute approximate surface area is 122 Å². The van der Waals surface area contributed by atoms with E-state index < -0.39 is 0 Å². The zero-order valence-electron chi connectivity index (χ0n) is 13.1. The Morgan fingerprint density at radius 3 is 2.15 bits per heavy atom. The van der Waals surface area contributed by atoms with Gasteiger partial charge in [-0.3, -0.25) is 0 Å². The largest absolute Gasteiger partial charge is 0.493 e. The van der Waals surface area contributed by atoms with Crippen molar-refractivity contribution in [1.29, 1.82) is 0 Å². The van der Waals surface area contributed by atoms with Crippen LogP contribution in [0.5, 0.6) is 11.5 Å². The van der Waals surface area contributed by atoms with Gasteiger partial charge in [0, 0.05) is 6.04 Å². The Kier molecular flexibility index (Phi) is 4.92. The molecule has 3 atom stereocenters. The molecule has 1 aromatic rings. The second kappa shape index (κ2) is 6.49. The molecule has 0 bridgehead atoms. The van der Waals surface area contributed by atoms with Crippen LogP contribution in [0, 0.1) is 17.8 Å². The fourth-order valence-electron chi connectivity index (χ4n) is 3.63. The van der Waals surface area contributed by atoms with Gasteiger partial charge in [-0.1, -0.05) is 19.9 Å². The summed E-state index contributed by atoms with van der Waals surface area (Å²) in [7, 11) is 3.32. The van der Waals surface area contributed by atoms with Gasteiger partial charge in [0.2, 0.25) is 0 Å². The van der Waals surface area contributed by atoms with E-state index in [9.17, 15) is 0 Å². The SMILES string of the molecule is COc1ccc(C(N)C2CC(C)CC(C)C2)cc1OC. The van der Waals surface area contributed by atoms with Gasteiger partial charge in [-0.2, -0.15) is 0 Å². The number of benzene rings is 1. The van der Waals surface area contributed by atoms with Crippen LogP contribution in [0.2, 0.25) is 0 Å². The van der Waals surface area contributed by atoms with E-state index >= 15 is 0 Å². The van der Waals surface area contributed by atoms with Crippen molar-refractivity contribution in [1.82, 2.24) is 0 Å². The minimum atomic E-state index is 0.0833. The lowest BCUT2D eigenvalue weighted by Gasteiger charge is -2.35. The predicted molar refractivity (Wildman–Crippen MR) is 82.1 cm³/mol. The van der Waals surface area contributed by atoms with Gasteiger partial charge in [0.15, 0.2) is 11.5 Å². The lowest BCUT2D eigenvalue weighted by Crippen LogP contribution is -2.29. The van der Waals surface area contributed by atoms with E-state index in [2.05, 4.69) is 19.9 Å². The minimum absolute atomic E-state index is 0.0833. The van der Waals surface area contributed by atoms with Crippen molar-refractivity contribution in [3.8, 4) is 11.5 Å². The minimum Gasteiger partial charge on any atom is -0.493 e. The van der Waals surface area contributed by atoms with E-state index in [1.807, 2.05) is 12.1 Å². The summed E-state index contributed by atoms with van der Waals surface area (Å²) in [6.07, 6.45) is 3.77. The van der Waals surface area contributed by atoms with Crippen molar-refractivity contribution in [3.05, 3.63) is 23.8 Å². The first kappa shape index (κ1) is 15.2. The van der Waals surface area contributed by atoms with Crippen molar-refractivity contribution >= 4 is 0 Å². The first-order valence-electron chi connectivity index (χ1n) is 7.52. The number of nitrogens with two attached hydrogens (primary N) is 1. The van der Waals surface area contributed by atoms with E-state index in [0.29, 0.717) is 5.92 Å². The fraction of sp³-hybridized carbons (Fsp3) is 0.647. The second-order valence-corrected chi connectivity index (χ2v) is 6.32. The first-order chi connectivity index (χ1) is 9.55. The van der Waals surface area contributed by atoms with E-state index in [1.54, 1.807) is 14.2 Å². The maximum atomic E-state index is 6.51. The van der Waals surface area contributed by atoms with Gasteiger partial charge in [-0.25, -0.2) is 0 Å². The summed E-state index contributed by atoms with van der Waals surface area (Å²) >= 11 is 0. The van der Waals surface area contributed by atoms with Crippen LogP contribution >= 0.6 is 0 Å². The third-order valence-electron chi connectivity index (χ3n) is 4.52. The predicted octanol–water partition coefficient (Wildman–Crippen LogP) is 3.78. The molecular weight excluding hydrogens is 250 g/mol. The van der Waals surface area contributed by atoms with Crippen LogP contribution in [-0.2, 0) is 0 Å². The van der Waals surface area contributed by atoms with Crippen LogP contribution in [0.15, 0.2) is 18.2 Å². The van der Waals surface area contributed by atoms with E-state index in [0.717, 1.165) is 28.9 Å². The molecular formula is C17H27NO2. The zero-order valence-corrected chi connectivity index (χ0v) is 13.1. The molecule has 1 fully saturated rings. The van der Waals surface area contributed by atoms with Crippen LogP contribution in [0.4, 0.5) is 0 Å². The van der Waals surface area contributed by atoms with Crippen LogP contribution in [0.25, 0.3) is 0 Å². The highest BCUT2D eigenvalue weighted by Crippen LogP contribution is 2.40. The molecule has 2 N–H and O–H groups in total. The van der Waals surface area contributed by atoms with Crippen LogP contribution in [0.1, 0.15) is 44.7 Å². The van der Waals surface area contributed by atoms with Gasteiger partial charge in [-0.15, -0.1) is 0 Å². The number of hydrogen-bond donors (Lipinski definition) is 1. The van der Waals surface area contributed by atoms with Crippen molar-refractivity contribution in [2.24, 2.45) is 23.5 Å². The van der Waals surface area contributed by atoms with E-state index in [-0.39, 0.29) is 6.04 Å². The Balaban J connectivity index is 2.18. The molecule has 3 unspecified atom stereocenters. The quantitative estimate of drug-likeness (QED) is 0.911. The third-order valence-corrected chi connectivity index (χ3v) is 4.52. The van der Waals surface area contributed by atoms with Crippen molar-refractivity contribution in [2.75, 3.05) is 14.2 Å². The van der Waals surface area contributed by atoms with E-state index in [1.165, 1.54) is 19.3 Å². The Morgan fingerprint density at radius 2 is 1.60 bits per heavy atom. The summed E-state index contributed by atoms with van der Waals surface area (Å²) in [6.45, 7) is 4.67. The fourth-order valence-corrected chi connectivity index (χ4v) is 3.63. The molecule has 20 heavy (non-hydrogen) atoms. The standard InChI is InChI=1S/C17H27NO2/c1-11-7-12(2)9-14(8-11)17(18)13-5-6-15(19-3)16(10-13)20-4/h5-6,10-12,14,17H,7-9,18H2,1-4H3. The molecule has 0 spiro atoms. The smallest absolute Gasteiger partial charge is 0.161 e. The zero-order chi connectivity index (χ0) is 14.7. The maximum Gasteiger partial charge on any atom is 0.161 e. The summed E-state index contributed by atoms with van der Waals surface area (Å²) in [4.78, 5) is 0. The molecule has 3 nitrogen and oxygen atoms in total. The normalized spacial score (nSPS) is 27.9. The molecule has 1 saturated carbocycles. The number of rotatable bonds is 4. The van der Waals surface area contributed by atoms with E-state index in [4.69, 9.17) is 15.2 Å². The van der Waals surface area contributed by atoms with Gasteiger partial charge in [0.25, 0.3) is 0 Å². The molecule has 0 radical (unpaired) electrons. The Bertz CT molecular complexity index is 437. The molecule has 112 valence electrons. The van der Waals surface area contributed by atoms with Gasteiger partial charge in [-0.05, 0) is 54.7 Å². The van der Waals surface area contributed by atoms with Crippen molar-refractivity contribution in [2.45, 2.75) is 39.2 Å². The number of ether oxygens (including phenoxy) is 2. The van der Waals surface area contributed by atoms with Crippen LogP contribution in [0.3, 0.4) is 0 Å². The molecule has 1 aliphatic carbocycles. The first-order valence-corrected chi connectivity index (χ1v) is 7.52. The summed E-state index contributed by atoms with van der Waals surface area (Å²) in [6, 6.07) is 6.12. The third kappa shape index (κ3) is 3.26. The van der Waals surface area contributed by atoms with Gasteiger partial charge in [0.1, 0.15) is 0 Å². The molecule has 0 heterocycles. The number of hydrogen-bond acceptors (Lipinski definition) is 3. The summed E-state index contributed by atoms with van der Waals surface area (Å²) in [5.74, 6) is 3.63. The molecule has 2 rings (SSSR count). The van der Waals surface area contributed by atoms with Gasteiger partial charge < -0.3 is 15.2 Å². The lowest BCUT2D eigenvalue weighted by atomic mass is 9.72. The molecule has 3 heteroatoms. The van der Waals surface area contributed by atoms with Crippen LogP contribution < -0.4 is 15.2 Å². The summed E-state index contributed by atoms with van der Waals surface area (Å²) in [5.41, 5.74) is 7.66. The molecule has 0 amide bonds. The average Bonchev–Trinajstić information content (AvgIpc) is 2.44. The highest BCUT2D eigenvalue weighted by Gasteiger charge is 2.29. The topological polar surface area (TPSA) is 44.5 Å². The van der Waals surface area contributed by atoms with Crippen molar-refractivity contribution in [3.63, 3.8) is 0 Å². The molecule has 0 aliphatic heterocycles. The molecule has 0 saturated heterocycles. The maximum absolute atomic E-state index is 6.51. The summed E-state index contributed by atoms with van der Waals surface area (Å²) in [5, 5.41) is 0. The van der Waals surface area contributed by atoms with Crippen molar-refractivity contribution < 1.29 is 9.47 Å². The molecule has 1 aromatic carbocycles. The highest BCUT2D eigenvalue weighted by atomic mass is 16.5. The van der Waals surface area contributed by atoms with Crippen LogP contribution in [-0.4, -0.2) is 14.2 Å². The summed E-state index contributed by atoms with van der Waals surface area (Å²) < 4.78 is 10.7. The lowest BCUT2D eigenvalue weighted by molar-refractivity contribution is 0.193. The molecule has 0 aromatic heterocycles. The van der Waals surface area contributed by atoms with Gasteiger partial charge in [0.05, 0.1) is 14.2 Å². The monoisotopic (exact) mass is 277 g/mol. The molecule has 1 aliphatic rings. The van der Waals surface area contributed by atoms with Gasteiger partial charge >= 0.3 is 0 Å². The average molecular weight is 277 g/mol.